The van der Waals surface area contributed by atoms with Crippen molar-refractivity contribution >= 4 is 17.7 Å². The molecule has 1 heterocycles. The van der Waals surface area contributed by atoms with Crippen LogP contribution in [0.4, 0.5) is 0 Å². The van der Waals surface area contributed by atoms with E-state index < -0.39 is 0 Å². The minimum absolute atomic E-state index is 0.148. The molecule has 0 amide bonds. The van der Waals surface area contributed by atoms with Crippen molar-refractivity contribution in [1.29, 1.82) is 0 Å². The van der Waals surface area contributed by atoms with Gasteiger partial charge >= 0.3 is 5.97 Å². The number of esters is 1. The molecule has 0 aromatic carbocycles. The Hall–Kier alpha value is -0.260. The molecule has 1 rings (SSSR count). The lowest BCUT2D eigenvalue weighted by Gasteiger charge is -2.13. The number of carbonyl (C=O) groups is 1. The van der Waals surface area contributed by atoms with Crippen LogP contribution < -0.4 is 5.73 Å². The number of methoxy groups -OCH3 is 1. The van der Waals surface area contributed by atoms with E-state index in [1.807, 2.05) is 0 Å². The zero-order valence-electron chi connectivity index (χ0n) is 9.15. The van der Waals surface area contributed by atoms with E-state index in [1.165, 1.54) is 7.11 Å². The van der Waals surface area contributed by atoms with Crippen LogP contribution in [0, 0.1) is 0 Å². The highest BCUT2D eigenvalue weighted by Crippen LogP contribution is 2.29. The quantitative estimate of drug-likeness (QED) is 0.510. The van der Waals surface area contributed by atoms with Crippen LogP contribution in [0.15, 0.2) is 0 Å². The maximum absolute atomic E-state index is 10.8. The molecule has 3 atom stereocenters. The van der Waals surface area contributed by atoms with Crippen LogP contribution in [0.2, 0.25) is 0 Å². The van der Waals surface area contributed by atoms with Gasteiger partial charge in [-0.3, -0.25) is 4.79 Å². The third-order valence-corrected chi connectivity index (χ3v) is 4.30. The van der Waals surface area contributed by atoms with Gasteiger partial charge in [0.1, 0.15) is 12.1 Å². The average molecular weight is 234 g/mol. The van der Waals surface area contributed by atoms with E-state index in [0.29, 0.717) is 11.7 Å². The van der Waals surface area contributed by atoms with Gasteiger partial charge in [0.15, 0.2) is 0 Å². The number of hydrogen-bond acceptors (Lipinski definition) is 4. The first kappa shape index (κ1) is 12.8. The molecule has 0 saturated carbocycles. The lowest BCUT2D eigenvalue weighted by molar-refractivity contribution is -0.427. The highest BCUT2D eigenvalue weighted by atomic mass is 32.2. The van der Waals surface area contributed by atoms with Crippen molar-refractivity contribution in [3.8, 4) is 0 Å². The van der Waals surface area contributed by atoms with Crippen LogP contribution in [0.5, 0.6) is 0 Å². The molecule has 5 heteroatoms. The third-order valence-electron chi connectivity index (χ3n) is 2.74. The van der Waals surface area contributed by atoms with Crippen molar-refractivity contribution in [2.24, 2.45) is 0 Å². The molecule has 0 spiro atoms. The first-order valence-electron chi connectivity index (χ1n) is 5.34. The highest BCUT2D eigenvalue weighted by molar-refractivity contribution is 8.00. The number of unbranched alkanes of at least 4 members (excludes halogenated alkanes) is 1. The van der Waals surface area contributed by atoms with E-state index in [2.05, 4.69) is 10.5 Å². The van der Waals surface area contributed by atoms with Crippen molar-refractivity contribution < 1.29 is 20.4 Å². The summed E-state index contributed by atoms with van der Waals surface area (Å²) in [4.78, 5) is 10.8. The van der Waals surface area contributed by atoms with Crippen molar-refractivity contribution in [2.75, 3.05) is 12.9 Å². The zero-order chi connectivity index (χ0) is 11.3. The standard InChI is InChI=1S/C10H19NO3S/c1-14-9(12)5-3-2-4-8-10(13)7(11)6-15-8/h7-8,10,13H,2-6,11H2,1H3/p+1/t7-,8-,10+/m1/s1. The Bertz CT molecular complexity index is 213. The number of aliphatic hydroxyl groups excluding tert-OH is 1. The van der Waals surface area contributed by atoms with Gasteiger partial charge in [0.2, 0.25) is 0 Å². The summed E-state index contributed by atoms with van der Waals surface area (Å²) in [6, 6.07) is 0.167. The minimum Gasteiger partial charge on any atom is -0.469 e. The molecule has 1 saturated heterocycles. The molecule has 0 aromatic rings. The Balaban J connectivity index is 2.08. The van der Waals surface area contributed by atoms with Gasteiger partial charge in [0.05, 0.1) is 7.11 Å². The fourth-order valence-electron chi connectivity index (χ4n) is 1.72. The lowest BCUT2D eigenvalue weighted by Crippen LogP contribution is -2.66. The van der Waals surface area contributed by atoms with E-state index >= 15 is 0 Å². The molecule has 4 N–H and O–H groups in total. The van der Waals surface area contributed by atoms with Crippen LogP contribution in [0.3, 0.4) is 0 Å². The predicted octanol–water partition coefficient (Wildman–Crippen LogP) is -0.193. The van der Waals surface area contributed by atoms with E-state index in [0.717, 1.165) is 25.0 Å². The normalized spacial score (nSPS) is 30.5. The van der Waals surface area contributed by atoms with Gasteiger partial charge in [-0.2, -0.15) is 0 Å². The van der Waals surface area contributed by atoms with Gasteiger partial charge in [-0.05, 0) is 12.8 Å². The summed E-state index contributed by atoms with van der Waals surface area (Å²) < 4.78 is 4.56. The van der Waals surface area contributed by atoms with Gasteiger partial charge in [0, 0.05) is 17.4 Å². The van der Waals surface area contributed by atoms with Gasteiger partial charge in [-0.25, -0.2) is 0 Å². The number of aliphatic hydroxyl groups is 1. The summed E-state index contributed by atoms with van der Waals surface area (Å²) in [6.07, 6.45) is 3.00. The van der Waals surface area contributed by atoms with Gasteiger partial charge < -0.3 is 15.6 Å². The van der Waals surface area contributed by atoms with Crippen molar-refractivity contribution in [3.05, 3.63) is 0 Å². The fraction of sp³-hybridized carbons (Fsp3) is 0.900. The summed E-state index contributed by atoms with van der Waals surface area (Å²) >= 11 is 1.79. The number of thioether (sulfide) groups is 1. The molecule has 15 heavy (non-hydrogen) atoms. The van der Waals surface area contributed by atoms with E-state index in [1.54, 1.807) is 11.8 Å². The van der Waals surface area contributed by atoms with Crippen LogP contribution in [0.25, 0.3) is 0 Å². The van der Waals surface area contributed by atoms with Gasteiger partial charge in [-0.1, -0.05) is 6.42 Å². The Morgan fingerprint density at radius 3 is 2.87 bits per heavy atom. The van der Waals surface area contributed by atoms with Crippen LogP contribution in [-0.4, -0.2) is 41.3 Å². The van der Waals surface area contributed by atoms with Crippen LogP contribution >= 0.6 is 11.8 Å². The number of carbonyl (C=O) groups excluding carboxylic acids is 1. The number of hydrogen-bond donors (Lipinski definition) is 2. The number of rotatable bonds is 5. The maximum Gasteiger partial charge on any atom is 0.305 e. The van der Waals surface area contributed by atoms with Gasteiger partial charge in [-0.15, -0.1) is 11.8 Å². The molecular formula is C10H20NO3S+. The molecule has 4 nitrogen and oxygen atoms in total. The van der Waals surface area contributed by atoms with Crippen LogP contribution in [-0.2, 0) is 9.53 Å². The van der Waals surface area contributed by atoms with Crippen molar-refractivity contribution in [3.63, 3.8) is 0 Å². The monoisotopic (exact) mass is 234 g/mol. The smallest absolute Gasteiger partial charge is 0.305 e. The first-order chi connectivity index (χ1) is 7.15. The Kier molecular flexibility index (Phi) is 5.42. The molecule has 0 aliphatic carbocycles. The van der Waals surface area contributed by atoms with Crippen molar-refractivity contribution in [2.45, 2.75) is 43.1 Å². The topological polar surface area (TPSA) is 74.2 Å². The Morgan fingerprint density at radius 1 is 1.60 bits per heavy atom. The average Bonchev–Trinajstić information content (AvgIpc) is 2.55. The zero-order valence-corrected chi connectivity index (χ0v) is 9.96. The van der Waals surface area contributed by atoms with E-state index in [9.17, 15) is 9.90 Å². The number of ether oxygens (including phenoxy) is 1. The Morgan fingerprint density at radius 2 is 2.33 bits per heavy atom. The Labute approximate surface area is 94.6 Å². The SMILES string of the molecule is COC(=O)CCCC[C@H]1SC[C@@H]([NH3+])[C@@H]1O. The molecule has 1 aliphatic rings. The second-order valence-electron chi connectivity index (χ2n) is 3.94. The molecule has 0 aromatic heterocycles. The second-order valence-corrected chi connectivity index (χ2v) is 5.22. The molecular weight excluding hydrogens is 214 g/mol. The van der Waals surface area contributed by atoms with E-state index in [-0.39, 0.29) is 18.1 Å². The summed E-state index contributed by atoms with van der Waals surface area (Å²) in [5, 5.41) is 10.0. The third kappa shape index (κ3) is 4.01. The van der Waals surface area contributed by atoms with E-state index in [4.69, 9.17) is 0 Å². The van der Waals surface area contributed by atoms with Gasteiger partial charge in [0.25, 0.3) is 0 Å². The molecule has 0 bridgehead atoms. The largest absolute Gasteiger partial charge is 0.469 e. The lowest BCUT2D eigenvalue weighted by atomic mass is 10.0. The molecule has 0 unspecified atom stereocenters. The molecule has 88 valence electrons. The maximum atomic E-state index is 10.8. The second kappa shape index (κ2) is 6.35. The first-order valence-corrected chi connectivity index (χ1v) is 6.39. The number of quaternary nitrogens is 1. The van der Waals surface area contributed by atoms with Crippen LogP contribution in [0.1, 0.15) is 25.7 Å². The summed E-state index contributed by atoms with van der Waals surface area (Å²) in [6.45, 7) is 0. The molecule has 0 radical (unpaired) electrons. The minimum atomic E-state index is -0.270. The predicted molar refractivity (Wildman–Crippen MR) is 59.4 cm³/mol. The fourth-order valence-corrected chi connectivity index (χ4v) is 3.16. The summed E-state index contributed by atoms with van der Waals surface area (Å²) in [5.74, 6) is 0.799. The molecule has 1 aliphatic heterocycles. The highest BCUT2D eigenvalue weighted by Gasteiger charge is 2.34. The summed E-state index contributed by atoms with van der Waals surface area (Å²) in [5.41, 5.74) is 3.89. The van der Waals surface area contributed by atoms with Crippen molar-refractivity contribution in [1.82, 2.24) is 0 Å². The molecule has 1 fully saturated rings. The summed E-state index contributed by atoms with van der Waals surface area (Å²) in [7, 11) is 1.41.